The van der Waals surface area contributed by atoms with Crippen molar-refractivity contribution in [3.8, 4) is 11.5 Å². The molecule has 1 saturated carbocycles. The van der Waals surface area contributed by atoms with Crippen LogP contribution in [0.3, 0.4) is 0 Å². The summed E-state index contributed by atoms with van der Waals surface area (Å²) in [7, 11) is 3.23. The Bertz CT molecular complexity index is 648. The van der Waals surface area contributed by atoms with E-state index < -0.39 is 0 Å². The van der Waals surface area contributed by atoms with Crippen molar-refractivity contribution in [2.45, 2.75) is 18.4 Å². The zero-order valence-corrected chi connectivity index (χ0v) is 12.8. The number of carbonyl (C=O) groups is 1. The fourth-order valence-corrected chi connectivity index (χ4v) is 3.05. The first-order chi connectivity index (χ1) is 10.2. The molecule has 0 aliphatic heterocycles. The molecule has 5 heteroatoms. The second-order valence-electron chi connectivity index (χ2n) is 5.08. The minimum absolute atomic E-state index is 0.0164. The molecule has 1 fully saturated rings. The van der Waals surface area contributed by atoms with E-state index in [2.05, 4.69) is 5.32 Å². The molecule has 1 aliphatic rings. The molecule has 0 bridgehead atoms. The summed E-state index contributed by atoms with van der Waals surface area (Å²) in [5, 5.41) is 5.06. The second kappa shape index (κ2) is 5.41. The van der Waals surface area contributed by atoms with E-state index in [0.29, 0.717) is 11.5 Å². The zero-order chi connectivity index (χ0) is 14.9. The van der Waals surface area contributed by atoms with Gasteiger partial charge >= 0.3 is 0 Å². The van der Waals surface area contributed by atoms with Crippen LogP contribution in [0.1, 0.15) is 28.1 Å². The number of nitrogens with one attached hydrogen (secondary N) is 1. The first-order valence-corrected chi connectivity index (χ1v) is 7.65. The summed E-state index contributed by atoms with van der Waals surface area (Å²) in [5.74, 6) is 1.37. The van der Waals surface area contributed by atoms with Gasteiger partial charge in [0.25, 0.3) is 5.91 Å². The maximum absolute atomic E-state index is 12.3. The minimum atomic E-state index is -0.263. The molecule has 1 aromatic carbocycles. The van der Waals surface area contributed by atoms with Gasteiger partial charge in [0.1, 0.15) is 0 Å². The minimum Gasteiger partial charge on any atom is -0.493 e. The van der Waals surface area contributed by atoms with E-state index in [1.807, 2.05) is 35.7 Å². The SMILES string of the molecule is COc1ccc(C2(NC(=O)c3cccs3)CC2)cc1OC. The number of thiophene rings is 1. The zero-order valence-electron chi connectivity index (χ0n) is 12.0. The van der Waals surface area contributed by atoms with Crippen LogP contribution in [0.25, 0.3) is 0 Å². The summed E-state index contributed by atoms with van der Waals surface area (Å²) in [4.78, 5) is 13.0. The molecule has 1 heterocycles. The van der Waals surface area contributed by atoms with Crippen molar-refractivity contribution in [3.63, 3.8) is 0 Å². The average Bonchev–Trinajstić information content (AvgIpc) is 3.08. The van der Waals surface area contributed by atoms with Gasteiger partial charge in [-0.3, -0.25) is 4.79 Å². The molecule has 3 rings (SSSR count). The number of ether oxygens (including phenoxy) is 2. The molecular formula is C16H17NO3S. The molecule has 0 atom stereocenters. The molecule has 1 N–H and O–H groups in total. The number of hydrogen-bond acceptors (Lipinski definition) is 4. The van der Waals surface area contributed by atoms with Crippen LogP contribution in [0.5, 0.6) is 11.5 Å². The summed E-state index contributed by atoms with van der Waals surface area (Å²) < 4.78 is 10.6. The van der Waals surface area contributed by atoms with Crippen molar-refractivity contribution >= 4 is 17.2 Å². The summed E-state index contributed by atoms with van der Waals surface area (Å²) in [5.41, 5.74) is 0.797. The molecule has 4 nitrogen and oxygen atoms in total. The lowest BCUT2D eigenvalue weighted by Crippen LogP contribution is -2.34. The summed E-state index contributed by atoms with van der Waals surface area (Å²) in [6.45, 7) is 0. The quantitative estimate of drug-likeness (QED) is 0.923. The largest absolute Gasteiger partial charge is 0.493 e. The Labute approximate surface area is 127 Å². The third kappa shape index (κ3) is 2.61. The monoisotopic (exact) mass is 303 g/mol. The lowest BCUT2D eigenvalue weighted by atomic mass is 10.0. The van der Waals surface area contributed by atoms with Crippen LogP contribution in [0.15, 0.2) is 35.7 Å². The normalized spacial score (nSPS) is 15.3. The van der Waals surface area contributed by atoms with Crippen LogP contribution in [0, 0.1) is 0 Å². The molecule has 0 saturated heterocycles. The number of methoxy groups -OCH3 is 2. The molecule has 1 aliphatic carbocycles. The van der Waals surface area contributed by atoms with E-state index in [1.165, 1.54) is 11.3 Å². The van der Waals surface area contributed by atoms with Crippen molar-refractivity contribution in [2.75, 3.05) is 14.2 Å². The van der Waals surface area contributed by atoms with Crippen LogP contribution in [-0.2, 0) is 5.54 Å². The molecule has 110 valence electrons. The maximum atomic E-state index is 12.3. The third-order valence-corrected chi connectivity index (χ3v) is 4.65. The summed E-state index contributed by atoms with van der Waals surface area (Å²) >= 11 is 1.45. The van der Waals surface area contributed by atoms with Crippen molar-refractivity contribution < 1.29 is 14.3 Å². The standard InChI is InChI=1S/C16H17NO3S/c1-19-12-6-5-11(10-13(12)20-2)16(7-8-16)17-15(18)14-4-3-9-21-14/h3-6,9-10H,7-8H2,1-2H3,(H,17,18). The van der Waals surface area contributed by atoms with Gasteiger partial charge in [0, 0.05) is 0 Å². The smallest absolute Gasteiger partial charge is 0.262 e. The van der Waals surface area contributed by atoms with Crippen LogP contribution >= 0.6 is 11.3 Å². The number of carbonyl (C=O) groups excluding carboxylic acids is 1. The number of amides is 1. The highest BCUT2D eigenvalue weighted by atomic mass is 32.1. The Balaban J connectivity index is 1.84. The van der Waals surface area contributed by atoms with Crippen LogP contribution in [0.4, 0.5) is 0 Å². The van der Waals surface area contributed by atoms with E-state index in [0.717, 1.165) is 23.3 Å². The predicted octanol–water partition coefficient (Wildman–Crippen LogP) is 3.18. The van der Waals surface area contributed by atoms with E-state index in [-0.39, 0.29) is 11.4 Å². The molecule has 0 unspecified atom stereocenters. The number of benzene rings is 1. The number of hydrogen-bond donors (Lipinski definition) is 1. The van der Waals surface area contributed by atoms with Crippen molar-refractivity contribution in [1.29, 1.82) is 0 Å². The Kier molecular flexibility index (Phi) is 3.59. The van der Waals surface area contributed by atoms with E-state index >= 15 is 0 Å². The Morgan fingerprint density at radius 2 is 1.95 bits per heavy atom. The van der Waals surface area contributed by atoms with E-state index in [4.69, 9.17) is 9.47 Å². The van der Waals surface area contributed by atoms with Gasteiger partial charge in [-0.15, -0.1) is 11.3 Å². The topological polar surface area (TPSA) is 47.6 Å². The van der Waals surface area contributed by atoms with Crippen LogP contribution in [0.2, 0.25) is 0 Å². The highest BCUT2D eigenvalue weighted by molar-refractivity contribution is 7.12. The van der Waals surface area contributed by atoms with Gasteiger partial charge in [-0.25, -0.2) is 0 Å². The fourth-order valence-electron chi connectivity index (χ4n) is 2.43. The molecule has 21 heavy (non-hydrogen) atoms. The molecule has 0 radical (unpaired) electrons. The Morgan fingerprint density at radius 3 is 2.52 bits per heavy atom. The second-order valence-corrected chi connectivity index (χ2v) is 6.03. The molecule has 0 spiro atoms. The van der Waals surface area contributed by atoms with Crippen molar-refractivity contribution in [3.05, 3.63) is 46.2 Å². The van der Waals surface area contributed by atoms with Gasteiger partial charge in [-0.2, -0.15) is 0 Å². The highest BCUT2D eigenvalue weighted by Crippen LogP contribution is 2.47. The molecule has 1 aromatic heterocycles. The Hall–Kier alpha value is -2.01. The first kappa shape index (κ1) is 13.9. The van der Waals surface area contributed by atoms with Gasteiger partial charge in [-0.05, 0) is 42.0 Å². The van der Waals surface area contributed by atoms with Crippen LogP contribution < -0.4 is 14.8 Å². The van der Waals surface area contributed by atoms with Gasteiger partial charge in [-0.1, -0.05) is 12.1 Å². The predicted molar refractivity (Wildman–Crippen MR) is 82.2 cm³/mol. The highest BCUT2D eigenvalue weighted by Gasteiger charge is 2.46. The fraction of sp³-hybridized carbons (Fsp3) is 0.312. The van der Waals surface area contributed by atoms with Gasteiger partial charge in [0.2, 0.25) is 0 Å². The first-order valence-electron chi connectivity index (χ1n) is 6.77. The number of rotatable bonds is 5. The lowest BCUT2D eigenvalue weighted by molar-refractivity contribution is 0.0935. The molecule has 1 amide bonds. The average molecular weight is 303 g/mol. The summed E-state index contributed by atoms with van der Waals surface area (Å²) in [6.07, 6.45) is 1.89. The van der Waals surface area contributed by atoms with Crippen LogP contribution in [-0.4, -0.2) is 20.1 Å². The third-order valence-electron chi connectivity index (χ3n) is 3.78. The van der Waals surface area contributed by atoms with Gasteiger partial charge in [0.15, 0.2) is 11.5 Å². The van der Waals surface area contributed by atoms with Crippen molar-refractivity contribution in [2.24, 2.45) is 0 Å². The van der Waals surface area contributed by atoms with E-state index in [1.54, 1.807) is 14.2 Å². The molecular weight excluding hydrogens is 286 g/mol. The summed E-state index contributed by atoms with van der Waals surface area (Å²) in [6, 6.07) is 9.54. The Morgan fingerprint density at radius 1 is 1.19 bits per heavy atom. The van der Waals surface area contributed by atoms with Crippen molar-refractivity contribution in [1.82, 2.24) is 5.32 Å². The van der Waals surface area contributed by atoms with Gasteiger partial charge < -0.3 is 14.8 Å². The van der Waals surface area contributed by atoms with Gasteiger partial charge in [0.05, 0.1) is 24.6 Å². The molecule has 2 aromatic rings. The lowest BCUT2D eigenvalue weighted by Gasteiger charge is -2.19. The maximum Gasteiger partial charge on any atom is 0.262 e. The van der Waals surface area contributed by atoms with E-state index in [9.17, 15) is 4.79 Å².